The van der Waals surface area contributed by atoms with Gasteiger partial charge in [-0.15, -0.1) is 0 Å². The predicted octanol–water partition coefficient (Wildman–Crippen LogP) is 0.912. The Balaban J connectivity index is 2.73. The van der Waals surface area contributed by atoms with Crippen molar-refractivity contribution in [3.63, 3.8) is 0 Å². The van der Waals surface area contributed by atoms with E-state index >= 15 is 0 Å². The van der Waals surface area contributed by atoms with E-state index in [1.807, 2.05) is 6.07 Å². The molecule has 0 saturated heterocycles. The fourth-order valence-corrected chi connectivity index (χ4v) is 1.57. The molecule has 2 atom stereocenters. The van der Waals surface area contributed by atoms with E-state index in [0.29, 0.717) is 5.56 Å². The van der Waals surface area contributed by atoms with E-state index in [9.17, 15) is 9.59 Å². The Kier molecular flexibility index (Phi) is 4.85. The number of hydrogen-bond acceptors (Lipinski definition) is 3. The lowest BCUT2D eigenvalue weighted by atomic mass is 10.0. The molecule has 0 radical (unpaired) electrons. The number of carboxylic acid groups (broad SMARTS) is 1. The second-order valence-electron chi connectivity index (χ2n) is 4.46. The highest BCUT2D eigenvalue weighted by Gasteiger charge is 2.26. The lowest BCUT2D eigenvalue weighted by molar-refractivity contribution is -0.143. The molecule has 0 saturated carbocycles. The third-order valence-electron chi connectivity index (χ3n) is 2.67. The molecular weight excluding hydrogens is 232 g/mol. The molecular formula is C13H18N2O3. The molecule has 0 heterocycles. The van der Waals surface area contributed by atoms with Crippen LogP contribution in [-0.2, 0) is 9.59 Å². The van der Waals surface area contributed by atoms with Crippen LogP contribution in [0.4, 0.5) is 0 Å². The van der Waals surface area contributed by atoms with Crippen LogP contribution in [-0.4, -0.2) is 23.0 Å². The van der Waals surface area contributed by atoms with Gasteiger partial charge >= 0.3 is 5.97 Å². The monoisotopic (exact) mass is 250 g/mol. The summed E-state index contributed by atoms with van der Waals surface area (Å²) >= 11 is 0. The van der Waals surface area contributed by atoms with Crippen molar-refractivity contribution < 1.29 is 14.7 Å². The van der Waals surface area contributed by atoms with Gasteiger partial charge in [0.25, 0.3) is 0 Å². The maximum Gasteiger partial charge on any atom is 0.326 e. The number of nitrogens with one attached hydrogen (secondary N) is 1. The fourth-order valence-electron chi connectivity index (χ4n) is 1.57. The van der Waals surface area contributed by atoms with Crippen LogP contribution in [0.5, 0.6) is 0 Å². The lowest BCUT2D eigenvalue weighted by Gasteiger charge is -2.20. The van der Waals surface area contributed by atoms with E-state index in [4.69, 9.17) is 10.8 Å². The molecule has 0 aromatic heterocycles. The van der Waals surface area contributed by atoms with E-state index in [2.05, 4.69) is 5.32 Å². The van der Waals surface area contributed by atoms with Gasteiger partial charge in [0.15, 0.2) is 0 Å². The van der Waals surface area contributed by atoms with Crippen LogP contribution in [0.15, 0.2) is 30.3 Å². The van der Waals surface area contributed by atoms with E-state index in [-0.39, 0.29) is 5.92 Å². The normalized spacial score (nSPS) is 14.0. The molecule has 1 aromatic rings. The minimum absolute atomic E-state index is 0.200. The highest BCUT2D eigenvalue weighted by molar-refractivity contribution is 5.87. The summed E-state index contributed by atoms with van der Waals surface area (Å²) in [5.74, 6) is -1.74. The van der Waals surface area contributed by atoms with Gasteiger partial charge in [-0.2, -0.15) is 0 Å². The second kappa shape index (κ2) is 6.16. The number of nitrogens with two attached hydrogens (primary N) is 1. The van der Waals surface area contributed by atoms with Gasteiger partial charge in [-0.1, -0.05) is 44.2 Å². The predicted molar refractivity (Wildman–Crippen MR) is 67.8 cm³/mol. The molecule has 0 aliphatic heterocycles. The van der Waals surface area contributed by atoms with Gasteiger partial charge in [-0.05, 0) is 11.5 Å². The van der Waals surface area contributed by atoms with Crippen molar-refractivity contribution in [2.24, 2.45) is 11.7 Å². The molecule has 5 nitrogen and oxygen atoms in total. The number of carbonyl (C=O) groups excluding carboxylic acids is 1. The van der Waals surface area contributed by atoms with Crippen LogP contribution in [0.2, 0.25) is 0 Å². The number of rotatable bonds is 5. The number of carboxylic acids is 1. The van der Waals surface area contributed by atoms with Crippen LogP contribution in [0, 0.1) is 5.92 Å². The summed E-state index contributed by atoms with van der Waals surface area (Å²) in [7, 11) is 0. The Morgan fingerprint density at radius 3 is 2.22 bits per heavy atom. The molecule has 0 aliphatic rings. The molecule has 5 heteroatoms. The van der Waals surface area contributed by atoms with Crippen molar-refractivity contribution in [2.45, 2.75) is 25.9 Å². The van der Waals surface area contributed by atoms with Crippen LogP contribution >= 0.6 is 0 Å². The summed E-state index contributed by atoms with van der Waals surface area (Å²) in [6.07, 6.45) is 0. The molecule has 18 heavy (non-hydrogen) atoms. The SMILES string of the molecule is CC(C)[C@H](NC(=O)[C@@H](N)c1ccccc1)C(=O)O. The third-order valence-corrected chi connectivity index (χ3v) is 2.67. The minimum atomic E-state index is -1.06. The lowest BCUT2D eigenvalue weighted by Crippen LogP contribution is -2.47. The van der Waals surface area contributed by atoms with Crippen LogP contribution in [0.3, 0.4) is 0 Å². The van der Waals surface area contributed by atoms with E-state index in [0.717, 1.165) is 0 Å². The first-order chi connectivity index (χ1) is 8.43. The Bertz CT molecular complexity index is 418. The number of hydrogen-bond donors (Lipinski definition) is 3. The summed E-state index contributed by atoms with van der Waals surface area (Å²) < 4.78 is 0. The number of benzene rings is 1. The Hall–Kier alpha value is -1.88. The first kappa shape index (κ1) is 14.2. The topological polar surface area (TPSA) is 92.4 Å². The highest BCUT2D eigenvalue weighted by Crippen LogP contribution is 2.11. The summed E-state index contributed by atoms with van der Waals surface area (Å²) in [6, 6.07) is 7.06. The van der Waals surface area contributed by atoms with Gasteiger partial charge in [0.1, 0.15) is 12.1 Å². The summed E-state index contributed by atoms with van der Waals surface area (Å²) in [5, 5.41) is 11.4. The molecule has 4 N–H and O–H groups in total. The minimum Gasteiger partial charge on any atom is -0.480 e. The molecule has 0 unspecified atom stereocenters. The molecule has 0 spiro atoms. The number of aliphatic carboxylic acids is 1. The first-order valence-corrected chi connectivity index (χ1v) is 5.77. The van der Waals surface area contributed by atoms with Gasteiger partial charge in [-0.25, -0.2) is 4.79 Å². The Morgan fingerprint density at radius 2 is 1.78 bits per heavy atom. The zero-order valence-electron chi connectivity index (χ0n) is 10.5. The first-order valence-electron chi connectivity index (χ1n) is 5.77. The highest BCUT2D eigenvalue weighted by atomic mass is 16.4. The van der Waals surface area contributed by atoms with Gasteiger partial charge in [-0.3, -0.25) is 4.79 Å². The van der Waals surface area contributed by atoms with Gasteiger partial charge < -0.3 is 16.2 Å². The maximum absolute atomic E-state index is 11.9. The van der Waals surface area contributed by atoms with Gasteiger partial charge in [0, 0.05) is 0 Å². The van der Waals surface area contributed by atoms with Crippen LogP contribution < -0.4 is 11.1 Å². The average molecular weight is 250 g/mol. The standard InChI is InChI=1S/C13H18N2O3/c1-8(2)11(13(17)18)15-12(16)10(14)9-6-4-3-5-7-9/h3-8,10-11H,14H2,1-2H3,(H,15,16)(H,17,18)/t10-,11-/m0/s1. The van der Waals surface area contributed by atoms with Crippen molar-refractivity contribution >= 4 is 11.9 Å². The number of carbonyl (C=O) groups is 2. The third kappa shape index (κ3) is 3.56. The summed E-state index contributed by atoms with van der Waals surface area (Å²) in [5.41, 5.74) is 6.44. The quantitative estimate of drug-likeness (QED) is 0.724. The largest absolute Gasteiger partial charge is 0.480 e. The fraction of sp³-hybridized carbons (Fsp3) is 0.385. The van der Waals surface area contributed by atoms with Crippen molar-refractivity contribution in [3.8, 4) is 0 Å². The van der Waals surface area contributed by atoms with E-state index in [1.165, 1.54) is 0 Å². The molecule has 1 aromatic carbocycles. The van der Waals surface area contributed by atoms with Crippen molar-refractivity contribution in [2.75, 3.05) is 0 Å². The second-order valence-corrected chi connectivity index (χ2v) is 4.46. The number of amides is 1. The van der Waals surface area contributed by atoms with Crippen LogP contribution in [0.25, 0.3) is 0 Å². The summed E-state index contributed by atoms with van der Waals surface area (Å²) in [4.78, 5) is 22.8. The molecule has 98 valence electrons. The molecule has 0 aliphatic carbocycles. The molecule has 0 bridgehead atoms. The van der Waals surface area contributed by atoms with Crippen molar-refractivity contribution in [1.82, 2.24) is 5.32 Å². The Labute approximate surface area is 106 Å². The van der Waals surface area contributed by atoms with Gasteiger partial charge in [0.05, 0.1) is 0 Å². The van der Waals surface area contributed by atoms with Crippen molar-refractivity contribution in [3.05, 3.63) is 35.9 Å². The van der Waals surface area contributed by atoms with Crippen molar-refractivity contribution in [1.29, 1.82) is 0 Å². The molecule has 1 rings (SSSR count). The average Bonchev–Trinajstić information content (AvgIpc) is 2.35. The van der Waals surface area contributed by atoms with E-state index < -0.39 is 24.0 Å². The molecule has 1 amide bonds. The molecule has 0 fully saturated rings. The zero-order chi connectivity index (χ0) is 13.7. The maximum atomic E-state index is 11.9. The van der Waals surface area contributed by atoms with Crippen LogP contribution in [0.1, 0.15) is 25.5 Å². The smallest absolute Gasteiger partial charge is 0.326 e. The van der Waals surface area contributed by atoms with E-state index in [1.54, 1.807) is 38.1 Å². The Morgan fingerprint density at radius 1 is 1.22 bits per heavy atom. The zero-order valence-corrected chi connectivity index (χ0v) is 10.5. The van der Waals surface area contributed by atoms with Gasteiger partial charge in [0.2, 0.25) is 5.91 Å². The summed E-state index contributed by atoms with van der Waals surface area (Å²) in [6.45, 7) is 3.46.